The minimum absolute atomic E-state index is 0.189. The second-order valence-corrected chi connectivity index (χ2v) is 3.73. The zero-order chi connectivity index (χ0) is 10.7. The summed E-state index contributed by atoms with van der Waals surface area (Å²) in [5, 5.41) is 4.19. The maximum absolute atomic E-state index is 12.9. The van der Waals surface area contributed by atoms with E-state index in [4.69, 9.17) is 0 Å². The van der Waals surface area contributed by atoms with E-state index >= 15 is 0 Å². The van der Waals surface area contributed by atoms with Gasteiger partial charge in [-0.25, -0.2) is 4.39 Å². The number of nitrogens with one attached hydrogen (secondary N) is 2. The Morgan fingerprint density at radius 3 is 3.00 bits per heavy atom. The number of aromatic amines is 1. The molecule has 1 aromatic carbocycles. The molecule has 0 unspecified atom stereocenters. The average Bonchev–Trinajstić information content (AvgIpc) is 2.60. The van der Waals surface area contributed by atoms with Gasteiger partial charge in [0.1, 0.15) is 5.82 Å². The molecule has 0 saturated carbocycles. The summed E-state index contributed by atoms with van der Waals surface area (Å²) >= 11 is 0. The fourth-order valence-electron chi connectivity index (χ4n) is 1.75. The van der Waals surface area contributed by atoms with Gasteiger partial charge in [-0.1, -0.05) is 0 Å². The van der Waals surface area contributed by atoms with Crippen molar-refractivity contribution >= 4 is 10.9 Å². The van der Waals surface area contributed by atoms with Crippen LogP contribution in [0.5, 0.6) is 0 Å². The quantitative estimate of drug-likeness (QED) is 0.739. The van der Waals surface area contributed by atoms with E-state index in [1.807, 2.05) is 13.1 Å². The SMILES string of the molecule is CNCCCc1cc2ccc(F)cc2[nH]1. The Morgan fingerprint density at radius 2 is 2.20 bits per heavy atom. The zero-order valence-corrected chi connectivity index (χ0v) is 8.81. The molecule has 80 valence electrons. The number of rotatable bonds is 4. The molecule has 2 N–H and O–H groups in total. The molecule has 0 saturated heterocycles. The molecule has 0 atom stereocenters. The van der Waals surface area contributed by atoms with Crippen molar-refractivity contribution in [1.82, 2.24) is 10.3 Å². The van der Waals surface area contributed by atoms with Gasteiger partial charge in [-0.2, -0.15) is 0 Å². The van der Waals surface area contributed by atoms with Crippen molar-refractivity contribution in [1.29, 1.82) is 0 Å². The highest BCUT2D eigenvalue weighted by Crippen LogP contribution is 2.17. The largest absolute Gasteiger partial charge is 0.358 e. The summed E-state index contributed by atoms with van der Waals surface area (Å²) < 4.78 is 12.9. The minimum atomic E-state index is -0.189. The Balaban J connectivity index is 2.16. The molecule has 0 radical (unpaired) electrons. The van der Waals surface area contributed by atoms with E-state index in [9.17, 15) is 4.39 Å². The van der Waals surface area contributed by atoms with Crippen LogP contribution in [0.3, 0.4) is 0 Å². The van der Waals surface area contributed by atoms with E-state index in [1.165, 1.54) is 17.8 Å². The van der Waals surface area contributed by atoms with Crippen LogP contribution < -0.4 is 5.32 Å². The zero-order valence-electron chi connectivity index (χ0n) is 8.81. The number of aromatic nitrogens is 1. The maximum atomic E-state index is 12.9. The van der Waals surface area contributed by atoms with E-state index in [1.54, 1.807) is 0 Å². The molecule has 1 heterocycles. The third-order valence-electron chi connectivity index (χ3n) is 2.51. The van der Waals surface area contributed by atoms with E-state index in [-0.39, 0.29) is 5.82 Å². The molecule has 2 nitrogen and oxygen atoms in total. The lowest BCUT2D eigenvalue weighted by Crippen LogP contribution is -2.08. The Hall–Kier alpha value is -1.35. The van der Waals surface area contributed by atoms with Crippen molar-refractivity contribution in [3.63, 3.8) is 0 Å². The molecular weight excluding hydrogens is 191 g/mol. The molecular formula is C12H15FN2. The fraction of sp³-hybridized carbons (Fsp3) is 0.333. The highest BCUT2D eigenvalue weighted by atomic mass is 19.1. The van der Waals surface area contributed by atoms with Crippen LogP contribution in [0.2, 0.25) is 0 Å². The highest BCUT2D eigenvalue weighted by Gasteiger charge is 2.01. The third-order valence-corrected chi connectivity index (χ3v) is 2.51. The van der Waals surface area contributed by atoms with Crippen LogP contribution in [-0.4, -0.2) is 18.6 Å². The predicted molar refractivity (Wildman–Crippen MR) is 60.5 cm³/mol. The molecule has 2 aromatic rings. The summed E-state index contributed by atoms with van der Waals surface area (Å²) in [6.07, 6.45) is 2.09. The van der Waals surface area contributed by atoms with Crippen LogP contribution in [0, 0.1) is 5.82 Å². The van der Waals surface area contributed by atoms with Gasteiger partial charge in [0.05, 0.1) is 0 Å². The van der Waals surface area contributed by atoms with Gasteiger partial charge in [-0.15, -0.1) is 0 Å². The molecule has 1 aromatic heterocycles. The number of fused-ring (bicyclic) bond motifs is 1. The topological polar surface area (TPSA) is 27.8 Å². The highest BCUT2D eigenvalue weighted by molar-refractivity contribution is 5.80. The number of H-pyrrole nitrogens is 1. The summed E-state index contributed by atoms with van der Waals surface area (Å²) in [6.45, 7) is 1.00. The monoisotopic (exact) mass is 206 g/mol. The number of hydrogen-bond acceptors (Lipinski definition) is 1. The Bertz CT molecular complexity index is 448. The molecule has 15 heavy (non-hydrogen) atoms. The van der Waals surface area contributed by atoms with Crippen LogP contribution in [0.25, 0.3) is 10.9 Å². The normalized spacial score (nSPS) is 11.1. The Morgan fingerprint density at radius 1 is 1.33 bits per heavy atom. The molecule has 0 aliphatic heterocycles. The summed E-state index contributed by atoms with van der Waals surface area (Å²) in [5.41, 5.74) is 2.06. The van der Waals surface area contributed by atoms with Gasteiger partial charge in [0.2, 0.25) is 0 Å². The lowest BCUT2D eigenvalue weighted by atomic mass is 10.2. The standard InChI is InChI=1S/C12H15FN2/c1-14-6-2-3-11-7-9-4-5-10(13)8-12(9)15-11/h4-5,7-8,14-15H,2-3,6H2,1H3. The van der Waals surface area contributed by atoms with E-state index in [0.29, 0.717) is 0 Å². The Labute approximate surface area is 88.5 Å². The lowest BCUT2D eigenvalue weighted by molar-refractivity contribution is 0.629. The fourth-order valence-corrected chi connectivity index (χ4v) is 1.75. The van der Waals surface area contributed by atoms with E-state index in [2.05, 4.69) is 16.4 Å². The number of benzene rings is 1. The van der Waals surface area contributed by atoms with Crippen molar-refractivity contribution in [2.24, 2.45) is 0 Å². The van der Waals surface area contributed by atoms with Gasteiger partial charge in [-0.3, -0.25) is 0 Å². The lowest BCUT2D eigenvalue weighted by Gasteiger charge is -1.96. The molecule has 0 aliphatic carbocycles. The third kappa shape index (κ3) is 2.36. The first-order valence-corrected chi connectivity index (χ1v) is 5.21. The van der Waals surface area contributed by atoms with Crippen molar-refractivity contribution in [3.8, 4) is 0 Å². The molecule has 0 aliphatic rings. The first-order chi connectivity index (χ1) is 7.29. The van der Waals surface area contributed by atoms with E-state index < -0.39 is 0 Å². The van der Waals surface area contributed by atoms with Gasteiger partial charge >= 0.3 is 0 Å². The number of halogens is 1. The molecule has 2 rings (SSSR count). The number of hydrogen-bond donors (Lipinski definition) is 2. The maximum Gasteiger partial charge on any atom is 0.125 e. The van der Waals surface area contributed by atoms with Gasteiger partial charge in [0, 0.05) is 11.2 Å². The first kappa shape index (κ1) is 10.2. The summed E-state index contributed by atoms with van der Waals surface area (Å²) in [6, 6.07) is 6.93. The van der Waals surface area contributed by atoms with Crippen molar-refractivity contribution in [2.75, 3.05) is 13.6 Å². The molecule has 0 bridgehead atoms. The van der Waals surface area contributed by atoms with Gasteiger partial charge in [-0.05, 0) is 56.1 Å². The molecule has 0 amide bonds. The molecule has 0 spiro atoms. The van der Waals surface area contributed by atoms with Gasteiger partial charge < -0.3 is 10.3 Å². The van der Waals surface area contributed by atoms with Crippen LogP contribution in [-0.2, 0) is 6.42 Å². The Kier molecular flexibility index (Phi) is 3.02. The predicted octanol–water partition coefficient (Wildman–Crippen LogP) is 2.46. The first-order valence-electron chi connectivity index (χ1n) is 5.21. The van der Waals surface area contributed by atoms with Crippen LogP contribution in [0.4, 0.5) is 4.39 Å². The van der Waals surface area contributed by atoms with Crippen LogP contribution in [0.1, 0.15) is 12.1 Å². The van der Waals surface area contributed by atoms with Crippen LogP contribution in [0.15, 0.2) is 24.3 Å². The van der Waals surface area contributed by atoms with Crippen LogP contribution >= 0.6 is 0 Å². The van der Waals surface area contributed by atoms with Crippen molar-refractivity contribution in [3.05, 3.63) is 35.8 Å². The second kappa shape index (κ2) is 4.45. The molecule has 0 fully saturated rings. The minimum Gasteiger partial charge on any atom is -0.358 e. The summed E-state index contributed by atoms with van der Waals surface area (Å²) in [5.74, 6) is -0.189. The number of aryl methyl sites for hydroxylation is 1. The van der Waals surface area contributed by atoms with E-state index in [0.717, 1.165) is 30.3 Å². The average molecular weight is 206 g/mol. The van der Waals surface area contributed by atoms with Crippen molar-refractivity contribution in [2.45, 2.75) is 12.8 Å². The smallest absolute Gasteiger partial charge is 0.125 e. The summed E-state index contributed by atoms with van der Waals surface area (Å²) in [7, 11) is 1.95. The second-order valence-electron chi connectivity index (χ2n) is 3.73. The van der Waals surface area contributed by atoms with Gasteiger partial charge in [0.25, 0.3) is 0 Å². The van der Waals surface area contributed by atoms with Gasteiger partial charge in [0.15, 0.2) is 0 Å². The molecule has 3 heteroatoms. The summed E-state index contributed by atoms with van der Waals surface area (Å²) in [4.78, 5) is 3.23. The van der Waals surface area contributed by atoms with Crippen molar-refractivity contribution < 1.29 is 4.39 Å².